The van der Waals surface area contributed by atoms with E-state index in [4.69, 9.17) is 5.73 Å². The lowest BCUT2D eigenvalue weighted by atomic mass is 10.2. The minimum absolute atomic E-state index is 0.352. The van der Waals surface area contributed by atoms with Crippen molar-refractivity contribution in [3.05, 3.63) is 0 Å². The Hall–Kier alpha value is -0.120. The van der Waals surface area contributed by atoms with Gasteiger partial charge in [-0.2, -0.15) is 0 Å². The molecule has 3 N–H and O–H groups in total. The van der Waals surface area contributed by atoms with Crippen LogP contribution in [0.2, 0.25) is 0 Å². The molecule has 1 rings (SSSR count). The highest BCUT2D eigenvalue weighted by atomic mass is 15.2. The first-order valence-electron chi connectivity index (χ1n) is 4.47. The Labute approximate surface area is 68.9 Å². The highest BCUT2D eigenvalue weighted by molar-refractivity contribution is 4.68. The Morgan fingerprint density at radius 1 is 1.45 bits per heavy atom. The molecule has 1 saturated heterocycles. The molecule has 0 aromatic heterocycles. The SMILES string of the molecule is CC(N)CCN1CCNCC1. The van der Waals surface area contributed by atoms with Gasteiger partial charge in [0.2, 0.25) is 0 Å². The minimum Gasteiger partial charge on any atom is -0.328 e. The molecule has 11 heavy (non-hydrogen) atoms. The van der Waals surface area contributed by atoms with Crippen molar-refractivity contribution in [2.24, 2.45) is 5.73 Å². The van der Waals surface area contributed by atoms with Gasteiger partial charge in [0.25, 0.3) is 0 Å². The average Bonchev–Trinajstić information content (AvgIpc) is 2.03. The Morgan fingerprint density at radius 3 is 2.64 bits per heavy atom. The number of hydrogen-bond acceptors (Lipinski definition) is 3. The topological polar surface area (TPSA) is 41.3 Å². The molecule has 1 aliphatic heterocycles. The molecule has 1 unspecified atom stereocenters. The van der Waals surface area contributed by atoms with E-state index >= 15 is 0 Å². The molecule has 0 saturated carbocycles. The molecular weight excluding hydrogens is 138 g/mol. The van der Waals surface area contributed by atoms with Gasteiger partial charge in [-0.1, -0.05) is 0 Å². The normalized spacial score (nSPS) is 23.5. The van der Waals surface area contributed by atoms with Gasteiger partial charge in [-0.25, -0.2) is 0 Å². The fourth-order valence-corrected chi connectivity index (χ4v) is 1.32. The van der Waals surface area contributed by atoms with Crippen LogP contribution in [0.1, 0.15) is 13.3 Å². The molecule has 66 valence electrons. The molecule has 1 fully saturated rings. The smallest absolute Gasteiger partial charge is 0.0107 e. The van der Waals surface area contributed by atoms with Crippen molar-refractivity contribution in [2.45, 2.75) is 19.4 Å². The van der Waals surface area contributed by atoms with Gasteiger partial charge >= 0.3 is 0 Å². The largest absolute Gasteiger partial charge is 0.328 e. The molecule has 1 heterocycles. The second-order valence-corrected chi connectivity index (χ2v) is 3.36. The Kier molecular flexibility index (Phi) is 3.83. The lowest BCUT2D eigenvalue weighted by molar-refractivity contribution is 0.234. The van der Waals surface area contributed by atoms with Crippen LogP contribution in [-0.2, 0) is 0 Å². The number of piperazine rings is 1. The third-order valence-corrected chi connectivity index (χ3v) is 2.11. The summed E-state index contributed by atoms with van der Waals surface area (Å²) in [5, 5.41) is 3.33. The van der Waals surface area contributed by atoms with Crippen LogP contribution in [0.5, 0.6) is 0 Å². The molecule has 3 heteroatoms. The molecule has 0 amide bonds. The van der Waals surface area contributed by atoms with Crippen LogP contribution >= 0.6 is 0 Å². The standard InChI is InChI=1S/C8H19N3/c1-8(9)2-5-11-6-3-10-4-7-11/h8,10H,2-7,9H2,1H3. The molecule has 0 bridgehead atoms. The lowest BCUT2D eigenvalue weighted by Crippen LogP contribution is -2.44. The summed E-state index contributed by atoms with van der Waals surface area (Å²) in [6, 6.07) is 0.352. The van der Waals surface area contributed by atoms with Gasteiger partial charge in [-0.3, -0.25) is 0 Å². The molecule has 0 spiro atoms. The predicted octanol–water partition coefficient (Wildman–Crippen LogP) is -0.371. The summed E-state index contributed by atoms with van der Waals surface area (Å²) >= 11 is 0. The maximum Gasteiger partial charge on any atom is 0.0107 e. The number of hydrogen-bond donors (Lipinski definition) is 2. The minimum atomic E-state index is 0.352. The van der Waals surface area contributed by atoms with Crippen molar-refractivity contribution >= 4 is 0 Å². The van der Waals surface area contributed by atoms with E-state index < -0.39 is 0 Å². The third-order valence-electron chi connectivity index (χ3n) is 2.11. The van der Waals surface area contributed by atoms with E-state index in [-0.39, 0.29) is 0 Å². The van der Waals surface area contributed by atoms with E-state index in [0.717, 1.165) is 19.5 Å². The first kappa shape index (κ1) is 8.97. The third kappa shape index (κ3) is 3.70. The maximum absolute atomic E-state index is 5.67. The van der Waals surface area contributed by atoms with Crippen molar-refractivity contribution < 1.29 is 0 Å². The Balaban J connectivity index is 2.05. The zero-order valence-electron chi connectivity index (χ0n) is 7.34. The van der Waals surface area contributed by atoms with Crippen LogP contribution in [0.4, 0.5) is 0 Å². The van der Waals surface area contributed by atoms with Crippen LogP contribution in [0.3, 0.4) is 0 Å². The predicted molar refractivity (Wildman–Crippen MR) is 47.6 cm³/mol. The van der Waals surface area contributed by atoms with Gasteiger partial charge in [0.1, 0.15) is 0 Å². The van der Waals surface area contributed by atoms with Crippen molar-refractivity contribution in [3.63, 3.8) is 0 Å². The van der Waals surface area contributed by atoms with Crippen LogP contribution < -0.4 is 11.1 Å². The monoisotopic (exact) mass is 157 g/mol. The van der Waals surface area contributed by atoms with Crippen LogP contribution in [0.25, 0.3) is 0 Å². The van der Waals surface area contributed by atoms with Gasteiger partial charge in [-0.05, 0) is 19.9 Å². The summed E-state index contributed by atoms with van der Waals surface area (Å²) in [5.41, 5.74) is 5.67. The second-order valence-electron chi connectivity index (χ2n) is 3.36. The van der Waals surface area contributed by atoms with Gasteiger partial charge in [0.05, 0.1) is 0 Å². The van der Waals surface area contributed by atoms with E-state index in [2.05, 4.69) is 17.1 Å². The van der Waals surface area contributed by atoms with Gasteiger partial charge in [-0.15, -0.1) is 0 Å². The van der Waals surface area contributed by atoms with Gasteiger partial charge in [0.15, 0.2) is 0 Å². The Morgan fingerprint density at radius 2 is 2.09 bits per heavy atom. The van der Waals surface area contributed by atoms with Gasteiger partial charge < -0.3 is 16.0 Å². The second kappa shape index (κ2) is 4.70. The number of nitrogens with one attached hydrogen (secondary N) is 1. The maximum atomic E-state index is 5.67. The van der Waals surface area contributed by atoms with E-state index in [1.54, 1.807) is 0 Å². The van der Waals surface area contributed by atoms with E-state index in [1.165, 1.54) is 19.6 Å². The molecule has 0 aromatic carbocycles. The van der Waals surface area contributed by atoms with Crippen molar-refractivity contribution in [1.29, 1.82) is 0 Å². The molecule has 1 aliphatic rings. The summed E-state index contributed by atoms with van der Waals surface area (Å²) in [7, 11) is 0. The summed E-state index contributed by atoms with van der Waals surface area (Å²) in [6.07, 6.45) is 1.12. The Bertz CT molecular complexity index is 97.5. The zero-order chi connectivity index (χ0) is 8.10. The van der Waals surface area contributed by atoms with E-state index in [0.29, 0.717) is 6.04 Å². The lowest BCUT2D eigenvalue weighted by Gasteiger charge is -2.27. The van der Waals surface area contributed by atoms with Crippen molar-refractivity contribution in [1.82, 2.24) is 10.2 Å². The molecule has 1 atom stereocenters. The average molecular weight is 157 g/mol. The van der Waals surface area contributed by atoms with Crippen molar-refractivity contribution in [2.75, 3.05) is 32.7 Å². The molecule has 0 radical (unpaired) electrons. The summed E-state index contributed by atoms with van der Waals surface area (Å²) < 4.78 is 0. The van der Waals surface area contributed by atoms with Gasteiger partial charge in [0, 0.05) is 32.2 Å². The van der Waals surface area contributed by atoms with E-state index in [1.807, 2.05) is 0 Å². The fraction of sp³-hybridized carbons (Fsp3) is 1.00. The highest BCUT2D eigenvalue weighted by Gasteiger charge is 2.08. The zero-order valence-corrected chi connectivity index (χ0v) is 7.34. The van der Waals surface area contributed by atoms with Crippen LogP contribution in [0.15, 0.2) is 0 Å². The van der Waals surface area contributed by atoms with Crippen LogP contribution in [0, 0.1) is 0 Å². The highest BCUT2D eigenvalue weighted by Crippen LogP contribution is 1.95. The molecule has 3 nitrogen and oxygen atoms in total. The first-order valence-corrected chi connectivity index (χ1v) is 4.47. The van der Waals surface area contributed by atoms with E-state index in [9.17, 15) is 0 Å². The number of nitrogens with zero attached hydrogens (tertiary/aromatic N) is 1. The number of rotatable bonds is 3. The molecular formula is C8H19N3. The first-order chi connectivity index (χ1) is 5.29. The quantitative estimate of drug-likeness (QED) is 0.587. The van der Waals surface area contributed by atoms with Crippen molar-refractivity contribution in [3.8, 4) is 0 Å². The van der Waals surface area contributed by atoms with Crippen LogP contribution in [-0.4, -0.2) is 43.7 Å². The number of nitrogens with two attached hydrogens (primary N) is 1. The molecule has 0 aliphatic carbocycles. The molecule has 0 aromatic rings. The summed E-state index contributed by atoms with van der Waals surface area (Å²) in [5.74, 6) is 0. The fourth-order valence-electron chi connectivity index (χ4n) is 1.32. The summed E-state index contributed by atoms with van der Waals surface area (Å²) in [4.78, 5) is 2.47. The summed E-state index contributed by atoms with van der Waals surface area (Å²) in [6.45, 7) is 7.89.